The lowest BCUT2D eigenvalue weighted by atomic mass is 10.3. The van der Waals surface area contributed by atoms with Crippen molar-refractivity contribution in [1.82, 2.24) is 5.43 Å². The van der Waals surface area contributed by atoms with Crippen LogP contribution in [0.5, 0.6) is 0 Å². The van der Waals surface area contributed by atoms with Crippen molar-refractivity contribution in [2.24, 2.45) is 5.10 Å². The zero-order valence-corrected chi connectivity index (χ0v) is 16.3. The van der Waals surface area contributed by atoms with E-state index in [4.69, 9.17) is 92.8 Å². The lowest BCUT2D eigenvalue weighted by molar-refractivity contribution is 0.713. The average molecular weight is 463 g/mol. The van der Waals surface area contributed by atoms with E-state index in [1.807, 2.05) is 0 Å². The highest BCUT2D eigenvalue weighted by molar-refractivity contribution is 6.78. The van der Waals surface area contributed by atoms with Crippen LogP contribution in [0.3, 0.4) is 0 Å². The molecule has 0 fully saturated rings. The predicted octanol–water partition coefficient (Wildman–Crippen LogP) is 6.30. The quantitative estimate of drug-likeness (QED) is 0.496. The highest BCUT2D eigenvalue weighted by Crippen LogP contribution is 2.39. The topological polar surface area (TPSA) is 27.6 Å². The van der Waals surface area contributed by atoms with Gasteiger partial charge in [-0.1, -0.05) is 92.8 Å². The molecule has 3 nitrogen and oxygen atoms in total. The minimum Gasteiger partial charge on any atom is -0.277 e. The fourth-order valence-electron chi connectivity index (χ4n) is 1.50. The van der Waals surface area contributed by atoms with Crippen molar-refractivity contribution in [3.8, 4) is 0 Å². The van der Waals surface area contributed by atoms with Crippen molar-refractivity contribution in [3.05, 3.63) is 40.0 Å². The third kappa shape index (κ3) is 4.55. The lowest BCUT2D eigenvalue weighted by Crippen LogP contribution is -2.43. The van der Waals surface area contributed by atoms with Gasteiger partial charge >= 0.3 is 0 Å². The van der Waals surface area contributed by atoms with E-state index in [2.05, 4.69) is 10.5 Å². The number of benzene rings is 1. The van der Waals surface area contributed by atoms with Crippen LogP contribution in [0.4, 0.5) is 5.69 Å². The van der Waals surface area contributed by atoms with Crippen LogP contribution in [0, 0.1) is 0 Å². The number of halogens is 8. The fraction of sp³-hybridized carbons (Fsp3) is 0.182. The first-order valence-corrected chi connectivity index (χ1v) is 8.47. The van der Waals surface area contributed by atoms with Gasteiger partial charge in [0.25, 0.3) is 0 Å². The highest BCUT2D eigenvalue weighted by Gasteiger charge is 2.36. The molecule has 0 atom stereocenters. The van der Waals surface area contributed by atoms with Crippen LogP contribution in [-0.2, 0) is 0 Å². The molecule has 0 aromatic heterocycles. The number of rotatable bonds is 1. The largest absolute Gasteiger partial charge is 0.277 e. The molecule has 11 heteroatoms. The SMILES string of the molecule is Clc1ccc(N2N=C(C(Cl)(Cl)Cl)C=C(C(Cl)(Cl)Cl)N2)c(Cl)c1. The van der Waals surface area contributed by atoms with Crippen LogP contribution >= 0.6 is 92.8 Å². The van der Waals surface area contributed by atoms with E-state index in [9.17, 15) is 0 Å². The Labute approximate surface area is 166 Å². The Bertz CT molecular complexity index is 644. The molecule has 0 unspecified atom stereocenters. The van der Waals surface area contributed by atoms with Gasteiger partial charge in [0.2, 0.25) is 7.59 Å². The molecule has 0 saturated heterocycles. The van der Waals surface area contributed by atoms with Gasteiger partial charge in [-0.3, -0.25) is 5.43 Å². The molecule has 1 aliphatic heterocycles. The number of hydrogen-bond donors (Lipinski definition) is 1. The fourth-order valence-corrected chi connectivity index (χ4v) is 2.55. The van der Waals surface area contributed by atoms with Gasteiger partial charge < -0.3 is 0 Å². The van der Waals surface area contributed by atoms with Crippen LogP contribution in [0.1, 0.15) is 0 Å². The standard InChI is InChI=1S/C11H5Cl8N3/c12-5-1-2-7(6(13)3-5)22-20-8(10(14,15)16)4-9(21-22)11(17,18)19/h1-4,20H. The third-order valence-electron chi connectivity index (χ3n) is 2.45. The zero-order chi connectivity index (χ0) is 16.7. The number of nitrogens with zero attached hydrogens (tertiary/aromatic N) is 2. The summed E-state index contributed by atoms with van der Waals surface area (Å²) in [5.41, 5.74) is 3.39. The summed E-state index contributed by atoms with van der Waals surface area (Å²) in [5.74, 6) is 0. The molecule has 1 aromatic carbocycles. The minimum absolute atomic E-state index is 0.0450. The third-order valence-corrected chi connectivity index (χ3v) is 4.18. The van der Waals surface area contributed by atoms with Crippen LogP contribution < -0.4 is 10.5 Å². The van der Waals surface area contributed by atoms with Crippen molar-refractivity contribution < 1.29 is 0 Å². The molecule has 0 aliphatic carbocycles. The summed E-state index contributed by atoms with van der Waals surface area (Å²) in [5, 5.41) is 6.13. The van der Waals surface area contributed by atoms with Gasteiger partial charge in [-0.05, 0) is 24.3 Å². The lowest BCUT2D eigenvalue weighted by Gasteiger charge is -2.32. The Kier molecular flexibility index (Phi) is 5.85. The Balaban J connectivity index is 2.49. The first-order chi connectivity index (χ1) is 9.98. The molecular weight excluding hydrogens is 458 g/mol. The molecule has 120 valence electrons. The molecule has 1 aliphatic rings. The van der Waals surface area contributed by atoms with Crippen molar-refractivity contribution in [2.45, 2.75) is 7.59 Å². The second kappa shape index (κ2) is 6.81. The first-order valence-electron chi connectivity index (χ1n) is 5.45. The van der Waals surface area contributed by atoms with Gasteiger partial charge in [0.15, 0.2) is 0 Å². The molecule has 2 rings (SSSR count). The highest BCUT2D eigenvalue weighted by atomic mass is 35.6. The maximum absolute atomic E-state index is 6.13. The van der Waals surface area contributed by atoms with Crippen molar-refractivity contribution in [2.75, 3.05) is 5.12 Å². The summed E-state index contributed by atoms with van der Waals surface area (Å²) in [6, 6.07) is 4.75. The smallest absolute Gasteiger partial charge is 0.234 e. The van der Waals surface area contributed by atoms with E-state index in [0.717, 1.165) is 0 Å². The van der Waals surface area contributed by atoms with Gasteiger partial charge in [-0.25, -0.2) is 0 Å². The summed E-state index contributed by atoms with van der Waals surface area (Å²) in [7, 11) is 0. The molecule has 22 heavy (non-hydrogen) atoms. The van der Waals surface area contributed by atoms with E-state index < -0.39 is 7.59 Å². The van der Waals surface area contributed by atoms with Crippen molar-refractivity contribution in [1.29, 1.82) is 0 Å². The number of hydrogen-bond acceptors (Lipinski definition) is 3. The van der Waals surface area contributed by atoms with Crippen molar-refractivity contribution in [3.63, 3.8) is 0 Å². The molecular formula is C11H5Cl8N3. The maximum Gasteiger partial charge on any atom is 0.234 e. The van der Waals surface area contributed by atoms with Gasteiger partial charge in [0.1, 0.15) is 11.4 Å². The zero-order valence-electron chi connectivity index (χ0n) is 10.2. The minimum atomic E-state index is -1.82. The van der Waals surface area contributed by atoms with Crippen molar-refractivity contribution >= 4 is 104 Å². The van der Waals surface area contributed by atoms with E-state index >= 15 is 0 Å². The van der Waals surface area contributed by atoms with Crippen LogP contribution in [0.25, 0.3) is 0 Å². The number of anilines is 1. The molecule has 1 aromatic rings. The average Bonchev–Trinajstić information content (AvgIpc) is 2.36. The molecule has 0 bridgehead atoms. The van der Waals surface area contributed by atoms with E-state index in [1.54, 1.807) is 12.1 Å². The first kappa shape index (κ1) is 18.9. The van der Waals surface area contributed by atoms with Gasteiger partial charge in [0.05, 0.1) is 10.7 Å². The summed E-state index contributed by atoms with van der Waals surface area (Å²) >= 11 is 47.2. The Morgan fingerprint density at radius 1 is 0.955 bits per heavy atom. The molecule has 1 N–H and O–H groups in total. The molecule has 0 amide bonds. The number of alkyl halides is 6. The number of hydrazine groups is 1. The Hall–Kier alpha value is 0.550. The summed E-state index contributed by atoms with van der Waals surface area (Å²) in [6.07, 6.45) is 1.33. The summed E-state index contributed by atoms with van der Waals surface area (Å²) in [6.45, 7) is 0. The predicted molar refractivity (Wildman–Crippen MR) is 98.2 cm³/mol. The Morgan fingerprint density at radius 3 is 2.09 bits per heavy atom. The molecule has 0 saturated carbocycles. The Morgan fingerprint density at radius 2 is 1.59 bits per heavy atom. The summed E-state index contributed by atoms with van der Waals surface area (Å²) in [4.78, 5) is 0. The van der Waals surface area contributed by atoms with E-state index in [1.165, 1.54) is 17.3 Å². The van der Waals surface area contributed by atoms with Crippen LogP contribution in [0.2, 0.25) is 10.0 Å². The monoisotopic (exact) mass is 459 g/mol. The number of nitrogens with one attached hydrogen (secondary N) is 1. The normalized spacial score (nSPS) is 16.1. The number of allylic oxidation sites excluding steroid dienone is 2. The van der Waals surface area contributed by atoms with E-state index in [-0.39, 0.29) is 11.4 Å². The van der Waals surface area contributed by atoms with Gasteiger partial charge in [-0.2, -0.15) is 10.2 Å². The second-order valence-corrected chi connectivity index (χ2v) is 9.46. The van der Waals surface area contributed by atoms with Gasteiger partial charge in [0, 0.05) is 5.02 Å². The number of hydrazone groups is 1. The summed E-state index contributed by atoms with van der Waals surface area (Å²) < 4.78 is -3.60. The van der Waals surface area contributed by atoms with Gasteiger partial charge in [-0.15, -0.1) is 0 Å². The molecule has 1 heterocycles. The van der Waals surface area contributed by atoms with Crippen LogP contribution in [0.15, 0.2) is 35.1 Å². The maximum atomic E-state index is 6.13. The van der Waals surface area contributed by atoms with E-state index in [0.29, 0.717) is 15.7 Å². The second-order valence-electron chi connectivity index (χ2n) is 4.06. The molecule has 0 spiro atoms. The molecule has 0 radical (unpaired) electrons. The van der Waals surface area contributed by atoms with Crippen LogP contribution in [-0.4, -0.2) is 13.3 Å².